The zero-order valence-electron chi connectivity index (χ0n) is 12.7. The Bertz CT molecular complexity index is 670. The number of rotatable bonds is 5. The molecule has 0 spiro atoms. The van der Waals surface area contributed by atoms with Crippen molar-refractivity contribution in [2.24, 2.45) is 0 Å². The highest BCUT2D eigenvalue weighted by Crippen LogP contribution is 2.12. The van der Waals surface area contributed by atoms with Gasteiger partial charge in [-0.3, -0.25) is 4.79 Å². The van der Waals surface area contributed by atoms with Crippen molar-refractivity contribution in [2.75, 3.05) is 13.7 Å². The molecule has 22 heavy (non-hydrogen) atoms. The summed E-state index contributed by atoms with van der Waals surface area (Å²) in [5.41, 5.74) is 2.74. The molecule has 0 radical (unpaired) electrons. The number of carbonyl (C=O) groups excluding carboxylic acids is 1. The van der Waals surface area contributed by atoms with Crippen molar-refractivity contribution in [2.45, 2.75) is 13.5 Å². The number of carbonyl (C=O) groups is 1. The first-order valence-electron chi connectivity index (χ1n) is 7.01. The number of nitriles is 1. The summed E-state index contributed by atoms with van der Waals surface area (Å²) >= 11 is 0. The van der Waals surface area contributed by atoms with Crippen LogP contribution in [0.15, 0.2) is 48.5 Å². The van der Waals surface area contributed by atoms with Crippen molar-refractivity contribution >= 4 is 5.91 Å². The van der Waals surface area contributed by atoms with Gasteiger partial charge in [-0.15, -0.1) is 0 Å². The molecule has 0 bridgehead atoms. The van der Waals surface area contributed by atoms with Crippen molar-refractivity contribution in [3.8, 4) is 11.8 Å². The smallest absolute Gasteiger partial charge is 0.260 e. The Morgan fingerprint density at radius 1 is 1.14 bits per heavy atom. The summed E-state index contributed by atoms with van der Waals surface area (Å²) in [6, 6.07) is 16.9. The highest BCUT2D eigenvalue weighted by Gasteiger charge is 2.10. The van der Waals surface area contributed by atoms with Gasteiger partial charge in [0.2, 0.25) is 0 Å². The van der Waals surface area contributed by atoms with Crippen molar-refractivity contribution in [3.05, 3.63) is 65.2 Å². The number of hydrogen-bond donors (Lipinski definition) is 0. The number of aryl methyl sites for hydroxylation is 1. The quantitative estimate of drug-likeness (QED) is 0.852. The number of benzene rings is 2. The molecule has 0 saturated heterocycles. The Morgan fingerprint density at radius 3 is 2.36 bits per heavy atom. The Kier molecular flexibility index (Phi) is 5.16. The molecule has 112 valence electrons. The van der Waals surface area contributed by atoms with E-state index >= 15 is 0 Å². The molecular formula is C18H18N2O2. The third kappa shape index (κ3) is 4.35. The molecule has 1 amide bonds. The zero-order chi connectivity index (χ0) is 15.9. The summed E-state index contributed by atoms with van der Waals surface area (Å²) in [7, 11) is 1.74. The normalized spacial score (nSPS) is 9.86. The van der Waals surface area contributed by atoms with Crippen LogP contribution in [0.3, 0.4) is 0 Å². The molecule has 0 aliphatic heterocycles. The standard InChI is InChI=1S/C18H18N2O2/c1-14-3-9-17(10-4-14)22-13-18(21)20(2)12-16-7-5-15(11-19)6-8-16/h3-10H,12-13H2,1-2H3. The van der Waals surface area contributed by atoms with Crippen LogP contribution in [-0.4, -0.2) is 24.5 Å². The SMILES string of the molecule is Cc1ccc(OCC(=O)N(C)Cc2ccc(C#N)cc2)cc1. The number of nitrogens with zero attached hydrogens (tertiary/aromatic N) is 2. The minimum absolute atomic E-state index is 0.00976. The van der Waals surface area contributed by atoms with E-state index in [9.17, 15) is 4.79 Å². The van der Waals surface area contributed by atoms with Gasteiger partial charge < -0.3 is 9.64 Å². The maximum atomic E-state index is 12.1. The van der Waals surface area contributed by atoms with Crippen LogP contribution in [-0.2, 0) is 11.3 Å². The van der Waals surface area contributed by atoms with Gasteiger partial charge in [0.15, 0.2) is 6.61 Å². The third-order valence-corrected chi connectivity index (χ3v) is 3.31. The predicted molar refractivity (Wildman–Crippen MR) is 84.3 cm³/mol. The summed E-state index contributed by atoms with van der Waals surface area (Å²) in [6.07, 6.45) is 0. The van der Waals surface area contributed by atoms with Crippen LogP contribution < -0.4 is 4.74 Å². The molecule has 4 nitrogen and oxygen atoms in total. The van der Waals surface area contributed by atoms with Crippen molar-refractivity contribution in [1.82, 2.24) is 4.90 Å². The third-order valence-electron chi connectivity index (χ3n) is 3.31. The number of hydrogen-bond acceptors (Lipinski definition) is 3. The fraction of sp³-hybridized carbons (Fsp3) is 0.222. The Labute approximate surface area is 130 Å². The van der Waals surface area contributed by atoms with E-state index in [1.807, 2.05) is 43.3 Å². The van der Waals surface area contributed by atoms with Crippen LogP contribution in [0.5, 0.6) is 5.75 Å². The van der Waals surface area contributed by atoms with Crippen molar-refractivity contribution in [1.29, 1.82) is 5.26 Å². The number of likely N-dealkylation sites (N-methyl/N-ethyl adjacent to an activating group) is 1. The topological polar surface area (TPSA) is 53.3 Å². The molecule has 2 aromatic rings. The van der Waals surface area contributed by atoms with Crippen LogP contribution >= 0.6 is 0 Å². The van der Waals surface area contributed by atoms with Gasteiger partial charge in [-0.1, -0.05) is 29.8 Å². The second-order valence-corrected chi connectivity index (χ2v) is 5.16. The summed E-state index contributed by atoms with van der Waals surface area (Å²) in [5.74, 6) is 0.593. The van der Waals surface area contributed by atoms with Gasteiger partial charge in [-0.05, 0) is 36.8 Å². The van der Waals surface area contributed by atoms with Gasteiger partial charge in [0.05, 0.1) is 11.6 Å². The molecule has 0 aliphatic carbocycles. The molecular weight excluding hydrogens is 276 g/mol. The first-order chi connectivity index (χ1) is 10.6. The lowest BCUT2D eigenvalue weighted by Crippen LogP contribution is -2.30. The van der Waals surface area contributed by atoms with Gasteiger partial charge in [-0.2, -0.15) is 5.26 Å². The second-order valence-electron chi connectivity index (χ2n) is 5.16. The molecule has 2 aromatic carbocycles. The van der Waals surface area contributed by atoms with Crippen LogP contribution in [0.2, 0.25) is 0 Å². The van der Waals surface area contributed by atoms with Crippen LogP contribution in [0.25, 0.3) is 0 Å². The van der Waals surface area contributed by atoms with Gasteiger partial charge in [0, 0.05) is 13.6 Å². The van der Waals surface area contributed by atoms with Gasteiger partial charge in [-0.25, -0.2) is 0 Å². The van der Waals surface area contributed by atoms with Gasteiger partial charge in [0.25, 0.3) is 5.91 Å². The first-order valence-corrected chi connectivity index (χ1v) is 7.01. The van der Waals surface area contributed by atoms with Crippen molar-refractivity contribution in [3.63, 3.8) is 0 Å². The lowest BCUT2D eigenvalue weighted by molar-refractivity contribution is -0.132. The molecule has 0 fully saturated rings. The Hall–Kier alpha value is -2.80. The predicted octanol–water partition coefficient (Wildman–Crippen LogP) is 2.90. The summed E-state index contributed by atoms with van der Waals surface area (Å²) < 4.78 is 5.48. The average Bonchev–Trinajstić information content (AvgIpc) is 2.54. The number of amides is 1. The van der Waals surface area contributed by atoms with Gasteiger partial charge in [0.1, 0.15) is 5.75 Å². The van der Waals surface area contributed by atoms with E-state index in [0.29, 0.717) is 17.9 Å². The minimum Gasteiger partial charge on any atom is -0.484 e. The molecule has 4 heteroatoms. The lowest BCUT2D eigenvalue weighted by atomic mass is 10.1. The van der Waals surface area contributed by atoms with Crippen molar-refractivity contribution < 1.29 is 9.53 Å². The molecule has 0 heterocycles. The molecule has 0 atom stereocenters. The van der Waals surface area contributed by atoms with E-state index < -0.39 is 0 Å². The largest absolute Gasteiger partial charge is 0.484 e. The molecule has 0 saturated carbocycles. The van der Waals surface area contributed by atoms with E-state index in [2.05, 4.69) is 6.07 Å². The number of ether oxygens (including phenoxy) is 1. The summed E-state index contributed by atoms with van der Waals surface area (Å²) in [6.45, 7) is 2.50. The summed E-state index contributed by atoms with van der Waals surface area (Å²) in [5, 5.41) is 8.76. The summed E-state index contributed by atoms with van der Waals surface area (Å²) in [4.78, 5) is 13.7. The highest BCUT2D eigenvalue weighted by atomic mass is 16.5. The van der Waals surface area contributed by atoms with E-state index in [4.69, 9.17) is 10.00 Å². The van der Waals surface area contributed by atoms with E-state index in [0.717, 1.165) is 11.1 Å². The first kappa shape index (κ1) is 15.6. The fourth-order valence-corrected chi connectivity index (χ4v) is 1.94. The van der Waals surface area contributed by atoms with E-state index in [1.165, 1.54) is 0 Å². The van der Waals surface area contributed by atoms with Crippen LogP contribution in [0.1, 0.15) is 16.7 Å². The monoisotopic (exact) mass is 294 g/mol. The van der Waals surface area contributed by atoms with Crippen LogP contribution in [0.4, 0.5) is 0 Å². The second kappa shape index (κ2) is 7.28. The molecule has 0 N–H and O–H groups in total. The molecule has 0 aliphatic rings. The zero-order valence-corrected chi connectivity index (χ0v) is 12.7. The van der Waals surface area contributed by atoms with E-state index in [-0.39, 0.29) is 12.5 Å². The maximum Gasteiger partial charge on any atom is 0.260 e. The molecule has 2 rings (SSSR count). The van der Waals surface area contributed by atoms with E-state index in [1.54, 1.807) is 24.1 Å². The fourth-order valence-electron chi connectivity index (χ4n) is 1.94. The highest BCUT2D eigenvalue weighted by molar-refractivity contribution is 5.77. The molecule has 0 aromatic heterocycles. The lowest BCUT2D eigenvalue weighted by Gasteiger charge is -2.17. The van der Waals surface area contributed by atoms with Gasteiger partial charge >= 0.3 is 0 Å². The minimum atomic E-state index is -0.0927. The Balaban J connectivity index is 1.86. The maximum absolute atomic E-state index is 12.1. The Morgan fingerprint density at radius 2 is 1.77 bits per heavy atom. The van der Waals surface area contributed by atoms with Crippen LogP contribution in [0, 0.1) is 18.3 Å². The molecule has 0 unspecified atom stereocenters. The average molecular weight is 294 g/mol.